The highest BCUT2D eigenvalue weighted by Crippen LogP contribution is 2.12. The van der Waals surface area contributed by atoms with Gasteiger partial charge >= 0.3 is 0 Å². The molecular formula is C25H22FN3O2. The van der Waals surface area contributed by atoms with Crippen molar-refractivity contribution in [1.29, 1.82) is 0 Å². The molecule has 0 saturated heterocycles. The molecule has 6 heteroatoms. The number of hydrogen-bond acceptors (Lipinski definition) is 3. The van der Waals surface area contributed by atoms with E-state index in [4.69, 9.17) is 0 Å². The van der Waals surface area contributed by atoms with Gasteiger partial charge in [0.15, 0.2) is 0 Å². The number of aromatic nitrogens is 2. The van der Waals surface area contributed by atoms with E-state index < -0.39 is 5.91 Å². The topological polar surface area (TPSA) is 64.0 Å². The summed E-state index contributed by atoms with van der Waals surface area (Å²) in [5.41, 5.74) is 2.30. The molecule has 4 rings (SSSR count). The second-order valence-corrected chi connectivity index (χ2v) is 7.30. The maximum atomic E-state index is 13.1. The second-order valence-electron chi connectivity index (χ2n) is 7.30. The SMILES string of the molecule is O=C(NCCc1ccc(F)cc1)c1cc2cccnc2n(CCc2ccccc2)c1=O. The molecule has 0 aliphatic rings. The molecule has 1 amide bonds. The largest absolute Gasteiger partial charge is 0.352 e. The van der Waals surface area contributed by atoms with Crippen molar-refractivity contribution in [1.82, 2.24) is 14.9 Å². The first kappa shape index (κ1) is 20.5. The van der Waals surface area contributed by atoms with Gasteiger partial charge in [-0.2, -0.15) is 0 Å². The molecule has 0 aliphatic heterocycles. The molecule has 2 heterocycles. The summed E-state index contributed by atoms with van der Waals surface area (Å²) in [7, 11) is 0. The van der Waals surface area contributed by atoms with Crippen molar-refractivity contribution in [3.05, 3.63) is 112 Å². The monoisotopic (exact) mass is 415 g/mol. The van der Waals surface area contributed by atoms with E-state index in [9.17, 15) is 14.0 Å². The van der Waals surface area contributed by atoms with Crippen LogP contribution in [0.5, 0.6) is 0 Å². The van der Waals surface area contributed by atoms with Crippen molar-refractivity contribution in [3.63, 3.8) is 0 Å². The standard InChI is InChI=1S/C25H22FN3O2/c26-21-10-8-19(9-11-21)12-15-28-24(30)22-17-20-7-4-14-27-23(20)29(25(22)31)16-13-18-5-2-1-3-6-18/h1-11,14,17H,12-13,15-16H2,(H,28,30). The number of nitrogens with one attached hydrogen (secondary N) is 1. The molecule has 0 spiro atoms. The lowest BCUT2D eigenvalue weighted by Crippen LogP contribution is -2.34. The van der Waals surface area contributed by atoms with E-state index in [1.165, 1.54) is 12.1 Å². The number of aryl methyl sites for hydroxylation is 2. The van der Waals surface area contributed by atoms with Gasteiger partial charge in [-0.3, -0.25) is 14.2 Å². The highest BCUT2D eigenvalue weighted by atomic mass is 19.1. The number of amides is 1. The van der Waals surface area contributed by atoms with E-state index in [2.05, 4.69) is 10.3 Å². The van der Waals surface area contributed by atoms with E-state index in [-0.39, 0.29) is 16.9 Å². The van der Waals surface area contributed by atoms with Gasteiger partial charge in [0.05, 0.1) is 0 Å². The fourth-order valence-electron chi connectivity index (χ4n) is 3.53. The Balaban J connectivity index is 1.55. The predicted octanol–water partition coefficient (Wildman–Crippen LogP) is 3.75. The lowest BCUT2D eigenvalue weighted by Gasteiger charge is -2.12. The summed E-state index contributed by atoms with van der Waals surface area (Å²) < 4.78 is 14.6. The number of fused-ring (bicyclic) bond motifs is 1. The van der Waals surface area contributed by atoms with Crippen LogP contribution in [0.1, 0.15) is 21.5 Å². The van der Waals surface area contributed by atoms with Crippen molar-refractivity contribution in [2.75, 3.05) is 6.54 Å². The number of benzene rings is 2. The number of rotatable bonds is 7. The van der Waals surface area contributed by atoms with E-state index in [0.717, 1.165) is 16.5 Å². The van der Waals surface area contributed by atoms with Crippen LogP contribution in [-0.4, -0.2) is 22.0 Å². The molecule has 156 valence electrons. The third-order valence-corrected chi connectivity index (χ3v) is 5.17. The summed E-state index contributed by atoms with van der Waals surface area (Å²) in [5, 5.41) is 3.54. The Morgan fingerprint density at radius 1 is 0.935 bits per heavy atom. The van der Waals surface area contributed by atoms with Crippen molar-refractivity contribution in [2.45, 2.75) is 19.4 Å². The molecule has 5 nitrogen and oxygen atoms in total. The zero-order chi connectivity index (χ0) is 21.6. The van der Waals surface area contributed by atoms with Gasteiger partial charge in [-0.1, -0.05) is 42.5 Å². The zero-order valence-electron chi connectivity index (χ0n) is 16.9. The molecular weight excluding hydrogens is 393 g/mol. The van der Waals surface area contributed by atoms with E-state index in [1.807, 2.05) is 36.4 Å². The molecule has 0 fully saturated rings. The minimum atomic E-state index is -0.425. The molecule has 0 radical (unpaired) electrons. The van der Waals surface area contributed by atoms with Gasteiger partial charge in [0.25, 0.3) is 11.5 Å². The Bertz CT molecular complexity index is 1250. The third-order valence-electron chi connectivity index (χ3n) is 5.17. The molecule has 0 unspecified atom stereocenters. The Kier molecular flexibility index (Phi) is 6.17. The van der Waals surface area contributed by atoms with Gasteiger partial charge in [-0.05, 0) is 54.3 Å². The van der Waals surface area contributed by atoms with E-state index in [0.29, 0.717) is 31.6 Å². The molecule has 0 atom stereocenters. The molecule has 2 aromatic heterocycles. The zero-order valence-corrected chi connectivity index (χ0v) is 16.9. The summed E-state index contributed by atoms with van der Waals surface area (Å²) in [6, 6.07) is 21.2. The molecule has 31 heavy (non-hydrogen) atoms. The number of hydrogen-bond donors (Lipinski definition) is 1. The van der Waals surface area contributed by atoms with E-state index >= 15 is 0 Å². The lowest BCUT2D eigenvalue weighted by molar-refractivity contribution is 0.0952. The van der Waals surface area contributed by atoms with Crippen LogP contribution in [0.2, 0.25) is 0 Å². The Hall–Kier alpha value is -3.80. The number of pyridine rings is 2. The first-order valence-corrected chi connectivity index (χ1v) is 10.2. The van der Waals surface area contributed by atoms with Crippen LogP contribution in [0.4, 0.5) is 4.39 Å². The third kappa shape index (κ3) is 4.86. The van der Waals surface area contributed by atoms with Crippen LogP contribution in [0.3, 0.4) is 0 Å². The van der Waals surface area contributed by atoms with E-state index in [1.54, 1.807) is 35.0 Å². The normalized spacial score (nSPS) is 10.9. The minimum Gasteiger partial charge on any atom is -0.352 e. The van der Waals surface area contributed by atoms with Crippen LogP contribution < -0.4 is 10.9 Å². The van der Waals surface area contributed by atoms with Crippen molar-refractivity contribution < 1.29 is 9.18 Å². The van der Waals surface area contributed by atoms with Crippen molar-refractivity contribution in [3.8, 4) is 0 Å². The highest BCUT2D eigenvalue weighted by molar-refractivity contribution is 5.96. The number of carbonyl (C=O) groups excluding carboxylic acids is 1. The molecule has 0 bridgehead atoms. The van der Waals surface area contributed by atoms with Gasteiger partial charge in [0.2, 0.25) is 0 Å². The minimum absolute atomic E-state index is 0.0904. The number of nitrogens with zero attached hydrogens (tertiary/aromatic N) is 2. The van der Waals surface area contributed by atoms with Gasteiger partial charge in [-0.15, -0.1) is 0 Å². The van der Waals surface area contributed by atoms with Crippen LogP contribution in [0, 0.1) is 5.82 Å². The summed E-state index contributed by atoms with van der Waals surface area (Å²) in [6.45, 7) is 0.770. The fraction of sp³-hybridized carbons (Fsp3) is 0.160. The van der Waals surface area contributed by atoms with Gasteiger partial charge in [-0.25, -0.2) is 9.37 Å². The molecule has 0 saturated carbocycles. The predicted molar refractivity (Wildman–Crippen MR) is 119 cm³/mol. The Labute approximate surface area is 179 Å². The smallest absolute Gasteiger partial charge is 0.265 e. The Morgan fingerprint density at radius 2 is 1.68 bits per heavy atom. The summed E-state index contributed by atoms with van der Waals surface area (Å²) in [5.74, 6) is -0.722. The van der Waals surface area contributed by atoms with Crippen LogP contribution in [0.15, 0.2) is 83.8 Å². The molecule has 0 aliphatic carbocycles. The lowest BCUT2D eigenvalue weighted by atomic mass is 10.1. The first-order valence-electron chi connectivity index (χ1n) is 10.2. The Morgan fingerprint density at radius 3 is 2.45 bits per heavy atom. The first-order chi connectivity index (χ1) is 15.1. The van der Waals surface area contributed by atoms with Crippen molar-refractivity contribution >= 4 is 16.9 Å². The molecule has 1 N–H and O–H groups in total. The van der Waals surface area contributed by atoms with Crippen LogP contribution >= 0.6 is 0 Å². The highest BCUT2D eigenvalue weighted by Gasteiger charge is 2.16. The summed E-state index contributed by atoms with van der Waals surface area (Å²) >= 11 is 0. The van der Waals surface area contributed by atoms with Crippen LogP contribution in [-0.2, 0) is 19.4 Å². The maximum absolute atomic E-state index is 13.1. The average molecular weight is 415 g/mol. The van der Waals surface area contributed by atoms with Gasteiger partial charge < -0.3 is 5.32 Å². The average Bonchev–Trinajstić information content (AvgIpc) is 2.80. The quantitative estimate of drug-likeness (QED) is 0.500. The molecule has 2 aromatic carbocycles. The number of halogens is 1. The van der Waals surface area contributed by atoms with Crippen molar-refractivity contribution in [2.24, 2.45) is 0 Å². The van der Waals surface area contributed by atoms with Crippen LogP contribution in [0.25, 0.3) is 11.0 Å². The fourth-order valence-corrected chi connectivity index (χ4v) is 3.53. The summed E-state index contributed by atoms with van der Waals surface area (Å²) in [4.78, 5) is 30.3. The summed E-state index contributed by atoms with van der Waals surface area (Å²) in [6.07, 6.45) is 2.84. The number of carbonyl (C=O) groups is 1. The van der Waals surface area contributed by atoms with Gasteiger partial charge in [0, 0.05) is 24.7 Å². The van der Waals surface area contributed by atoms with Gasteiger partial charge in [0.1, 0.15) is 17.0 Å². The maximum Gasteiger partial charge on any atom is 0.265 e. The second kappa shape index (κ2) is 9.34. The molecule has 4 aromatic rings.